The molecule has 1 amide bonds. The van der Waals surface area contributed by atoms with E-state index in [4.69, 9.17) is 4.52 Å². The molecule has 1 unspecified atom stereocenters. The van der Waals surface area contributed by atoms with Gasteiger partial charge in [0.2, 0.25) is 5.91 Å². The summed E-state index contributed by atoms with van der Waals surface area (Å²) in [5.74, 6) is -1.03. The lowest BCUT2D eigenvalue weighted by Crippen LogP contribution is -2.33. The molecule has 0 bridgehead atoms. The summed E-state index contributed by atoms with van der Waals surface area (Å²) in [4.78, 5) is 13.3. The maximum Gasteiger partial charge on any atom is 0.239 e. The van der Waals surface area contributed by atoms with Crippen LogP contribution >= 0.6 is 0 Å². The lowest BCUT2D eigenvalue weighted by Gasteiger charge is -2.20. The molecule has 0 fully saturated rings. The highest BCUT2D eigenvalue weighted by atomic mass is 19.1. The number of aryl methyl sites for hydroxylation is 1. The van der Waals surface area contributed by atoms with E-state index in [0.29, 0.717) is 17.6 Å². The second kappa shape index (κ2) is 7.30. The van der Waals surface area contributed by atoms with Gasteiger partial charge in [-0.05, 0) is 20.0 Å². The Hall–Kier alpha value is -2.32. The highest BCUT2D eigenvalue weighted by Gasteiger charge is 2.17. The maximum atomic E-state index is 13.6. The van der Waals surface area contributed by atoms with E-state index >= 15 is 0 Å². The standard InChI is InChI=1S/C15H17F2N3O3/c1-9-5-14(19-23-9)18-15(22)8-20(2)7-13(21)11-4-3-10(16)6-12(11)17/h3-6,13,21H,7-8H2,1-2H3,(H,18,19,22). The third-order valence-corrected chi connectivity index (χ3v) is 3.12. The van der Waals surface area contributed by atoms with E-state index in [0.717, 1.165) is 6.07 Å². The number of halogens is 2. The quantitative estimate of drug-likeness (QED) is 0.848. The molecule has 1 heterocycles. The minimum Gasteiger partial charge on any atom is -0.387 e. The van der Waals surface area contributed by atoms with E-state index in [2.05, 4.69) is 10.5 Å². The molecular weight excluding hydrogens is 308 g/mol. The Labute approximate surface area is 131 Å². The van der Waals surface area contributed by atoms with Crippen molar-refractivity contribution in [3.8, 4) is 0 Å². The van der Waals surface area contributed by atoms with Gasteiger partial charge in [-0.1, -0.05) is 11.2 Å². The van der Waals surface area contributed by atoms with Crippen LogP contribution in [0.15, 0.2) is 28.8 Å². The first-order valence-electron chi connectivity index (χ1n) is 6.90. The monoisotopic (exact) mass is 325 g/mol. The summed E-state index contributed by atoms with van der Waals surface area (Å²) in [7, 11) is 1.60. The third kappa shape index (κ3) is 4.83. The molecule has 124 valence electrons. The molecule has 2 N–H and O–H groups in total. The molecule has 2 rings (SSSR count). The Morgan fingerprint density at radius 1 is 1.43 bits per heavy atom. The fourth-order valence-electron chi connectivity index (χ4n) is 2.08. The van der Waals surface area contributed by atoms with E-state index in [1.165, 1.54) is 11.0 Å². The smallest absolute Gasteiger partial charge is 0.239 e. The van der Waals surface area contributed by atoms with Gasteiger partial charge in [0.1, 0.15) is 17.4 Å². The number of anilines is 1. The zero-order chi connectivity index (χ0) is 17.0. The molecule has 0 radical (unpaired) electrons. The number of carbonyl (C=O) groups is 1. The van der Waals surface area contributed by atoms with Crippen molar-refractivity contribution in [2.24, 2.45) is 0 Å². The Morgan fingerprint density at radius 2 is 2.17 bits per heavy atom. The van der Waals surface area contributed by atoms with Gasteiger partial charge in [0, 0.05) is 24.2 Å². The Balaban J connectivity index is 1.88. The maximum absolute atomic E-state index is 13.6. The van der Waals surface area contributed by atoms with Gasteiger partial charge in [-0.2, -0.15) is 0 Å². The molecule has 1 aromatic carbocycles. The Morgan fingerprint density at radius 3 is 2.78 bits per heavy atom. The summed E-state index contributed by atoms with van der Waals surface area (Å²) in [6.07, 6.45) is -1.18. The van der Waals surface area contributed by atoms with Gasteiger partial charge in [0.25, 0.3) is 0 Å². The zero-order valence-electron chi connectivity index (χ0n) is 12.7. The lowest BCUT2D eigenvalue weighted by atomic mass is 10.1. The predicted octanol–water partition coefficient (Wildman–Crippen LogP) is 1.87. The van der Waals surface area contributed by atoms with Crippen LogP contribution in [-0.2, 0) is 4.79 Å². The number of aliphatic hydroxyl groups excluding tert-OH is 1. The largest absolute Gasteiger partial charge is 0.387 e. The average molecular weight is 325 g/mol. The van der Waals surface area contributed by atoms with E-state index in [1.807, 2.05) is 0 Å². The third-order valence-electron chi connectivity index (χ3n) is 3.12. The molecule has 23 heavy (non-hydrogen) atoms. The minimum absolute atomic E-state index is 0.00775. The van der Waals surface area contributed by atoms with Crippen molar-refractivity contribution in [1.29, 1.82) is 0 Å². The first-order chi connectivity index (χ1) is 10.8. The van der Waals surface area contributed by atoms with Crippen molar-refractivity contribution in [2.75, 3.05) is 25.5 Å². The number of aliphatic hydroxyl groups is 1. The molecule has 0 aliphatic heterocycles. The second-order valence-corrected chi connectivity index (χ2v) is 5.25. The van der Waals surface area contributed by atoms with Gasteiger partial charge in [-0.3, -0.25) is 9.69 Å². The van der Waals surface area contributed by atoms with E-state index in [9.17, 15) is 18.7 Å². The molecule has 0 saturated heterocycles. The topological polar surface area (TPSA) is 78.6 Å². The number of hydrogen-bond acceptors (Lipinski definition) is 5. The highest BCUT2D eigenvalue weighted by Crippen LogP contribution is 2.18. The molecule has 0 aliphatic rings. The number of nitrogens with zero attached hydrogens (tertiary/aromatic N) is 2. The van der Waals surface area contributed by atoms with Crippen LogP contribution in [0.5, 0.6) is 0 Å². The number of rotatable bonds is 6. The van der Waals surface area contributed by atoms with Crippen LogP contribution < -0.4 is 5.32 Å². The summed E-state index contributed by atoms with van der Waals surface area (Å²) in [6.45, 7) is 1.67. The molecule has 0 saturated carbocycles. The summed E-state index contributed by atoms with van der Waals surface area (Å²) in [5.41, 5.74) is -0.0224. The summed E-state index contributed by atoms with van der Waals surface area (Å²) < 4.78 is 31.3. The van der Waals surface area contributed by atoms with Crippen LogP contribution in [0.25, 0.3) is 0 Å². The van der Waals surface area contributed by atoms with Crippen LogP contribution in [0, 0.1) is 18.6 Å². The van der Waals surface area contributed by atoms with Gasteiger partial charge >= 0.3 is 0 Å². The minimum atomic E-state index is -1.18. The number of likely N-dealkylation sites (N-methyl/N-ethyl adjacent to an activating group) is 1. The number of aromatic nitrogens is 1. The van der Waals surface area contributed by atoms with Crippen molar-refractivity contribution in [2.45, 2.75) is 13.0 Å². The fraction of sp³-hybridized carbons (Fsp3) is 0.333. The number of hydrogen-bond donors (Lipinski definition) is 2. The Kier molecular flexibility index (Phi) is 5.41. The van der Waals surface area contributed by atoms with Crippen molar-refractivity contribution in [1.82, 2.24) is 10.1 Å². The highest BCUT2D eigenvalue weighted by molar-refractivity contribution is 5.91. The molecule has 8 heteroatoms. The van der Waals surface area contributed by atoms with Crippen LogP contribution in [0.1, 0.15) is 17.4 Å². The molecule has 0 spiro atoms. The van der Waals surface area contributed by atoms with Crippen LogP contribution in [0.3, 0.4) is 0 Å². The zero-order valence-corrected chi connectivity index (χ0v) is 12.7. The van der Waals surface area contributed by atoms with Crippen molar-refractivity contribution in [3.63, 3.8) is 0 Å². The van der Waals surface area contributed by atoms with Gasteiger partial charge in [-0.15, -0.1) is 0 Å². The normalized spacial score (nSPS) is 12.4. The molecule has 6 nitrogen and oxygen atoms in total. The lowest BCUT2D eigenvalue weighted by molar-refractivity contribution is -0.117. The van der Waals surface area contributed by atoms with E-state index in [-0.39, 0.29) is 24.6 Å². The summed E-state index contributed by atoms with van der Waals surface area (Å²) in [5, 5.41) is 16.2. The molecular formula is C15H17F2N3O3. The van der Waals surface area contributed by atoms with Gasteiger partial charge in [-0.25, -0.2) is 8.78 Å². The molecule has 2 aromatic rings. The first kappa shape index (κ1) is 17.0. The molecule has 1 atom stereocenters. The van der Waals surface area contributed by atoms with E-state index < -0.39 is 17.7 Å². The summed E-state index contributed by atoms with van der Waals surface area (Å²) in [6, 6.07) is 4.53. The van der Waals surface area contributed by atoms with Gasteiger partial charge in [0.05, 0.1) is 12.6 Å². The molecule has 1 aromatic heterocycles. The van der Waals surface area contributed by atoms with Crippen LogP contribution in [-0.4, -0.2) is 41.2 Å². The van der Waals surface area contributed by atoms with Gasteiger partial charge < -0.3 is 14.9 Å². The van der Waals surface area contributed by atoms with Crippen molar-refractivity contribution < 1.29 is 23.2 Å². The average Bonchev–Trinajstić information content (AvgIpc) is 2.83. The van der Waals surface area contributed by atoms with Crippen LogP contribution in [0.4, 0.5) is 14.6 Å². The fourth-order valence-corrected chi connectivity index (χ4v) is 2.08. The number of amides is 1. The number of nitrogens with one attached hydrogen (secondary N) is 1. The number of carbonyl (C=O) groups excluding carboxylic acids is 1. The Bertz CT molecular complexity index is 690. The van der Waals surface area contributed by atoms with E-state index in [1.54, 1.807) is 20.0 Å². The number of benzene rings is 1. The van der Waals surface area contributed by atoms with Gasteiger partial charge in [0.15, 0.2) is 5.82 Å². The molecule has 0 aliphatic carbocycles. The van der Waals surface area contributed by atoms with Crippen molar-refractivity contribution >= 4 is 11.7 Å². The van der Waals surface area contributed by atoms with Crippen molar-refractivity contribution in [3.05, 3.63) is 47.2 Å². The second-order valence-electron chi connectivity index (χ2n) is 5.25. The van der Waals surface area contributed by atoms with Crippen LogP contribution in [0.2, 0.25) is 0 Å². The summed E-state index contributed by atoms with van der Waals surface area (Å²) >= 11 is 0. The first-order valence-corrected chi connectivity index (χ1v) is 6.90. The predicted molar refractivity (Wildman–Crippen MR) is 78.7 cm³/mol. The SMILES string of the molecule is Cc1cc(NC(=O)CN(C)CC(O)c2ccc(F)cc2F)no1.